The summed E-state index contributed by atoms with van der Waals surface area (Å²) in [5, 5.41) is 2.79. The van der Waals surface area contributed by atoms with Gasteiger partial charge in [-0.25, -0.2) is 18.4 Å². The summed E-state index contributed by atoms with van der Waals surface area (Å²) in [6, 6.07) is 13.3. The van der Waals surface area contributed by atoms with Gasteiger partial charge in [0.15, 0.2) is 0 Å². The molecule has 0 unspecified atom stereocenters. The van der Waals surface area contributed by atoms with Crippen LogP contribution in [0.1, 0.15) is 27.0 Å². The van der Waals surface area contributed by atoms with Crippen molar-refractivity contribution >= 4 is 23.4 Å². The number of fused-ring (bicyclic) bond motifs is 1. The SMILES string of the molecule is COC(=O)c1ccc2c(c1)NC(=O)N(c1cc(OCc3c(F)cccc3F)ccc1C)C2. The maximum atomic E-state index is 13.9. The number of aryl methyl sites for hydroxylation is 1. The summed E-state index contributed by atoms with van der Waals surface area (Å²) >= 11 is 0. The van der Waals surface area contributed by atoms with Gasteiger partial charge in [-0.3, -0.25) is 4.90 Å². The fourth-order valence-corrected chi connectivity index (χ4v) is 3.49. The second kappa shape index (κ2) is 8.66. The van der Waals surface area contributed by atoms with Gasteiger partial charge in [0.1, 0.15) is 24.0 Å². The fourth-order valence-electron chi connectivity index (χ4n) is 3.49. The van der Waals surface area contributed by atoms with Gasteiger partial charge in [-0.15, -0.1) is 0 Å². The number of methoxy groups -OCH3 is 1. The van der Waals surface area contributed by atoms with E-state index < -0.39 is 17.6 Å². The van der Waals surface area contributed by atoms with Crippen molar-refractivity contribution < 1.29 is 27.8 Å². The third-order valence-electron chi connectivity index (χ3n) is 5.26. The Bertz CT molecular complexity index is 1190. The molecule has 0 aliphatic carbocycles. The monoisotopic (exact) mass is 438 g/mol. The van der Waals surface area contributed by atoms with Crippen LogP contribution >= 0.6 is 0 Å². The maximum Gasteiger partial charge on any atom is 0.337 e. The van der Waals surface area contributed by atoms with E-state index in [9.17, 15) is 18.4 Å². The Morgan fingerprint density at radius 1 is 1.09 bits per heavy atom. The lowest BCUT2D eigenvalue weighted by molar-refractivity contribution is 0.0600. The Balaban J connectivity index is 1.57. The second-order valence-electron chi connectivity index (χ2n) is 7.32. The van der Waals surface area contributed by atoms with E-state index in [1.165, 1.54) is 30.2 Å². The van der Waals surface area contributed by atoms with Gasteiger partial charge in [-0.05, 0) is 48.4 Å². The first kappa shape index (κ1) is 21.3. The number of rotatable bonds is 5. The van der Waals surface area contributed by atoms with E-state index in [-0.39, 0.29) is 24.7 Å². The van der Waals surface area contributed by atoms with Crippen LogP contribution < -0.4 is 15.0 Å². The van der Waals surface area contributed by atoms with E-state index in [0.29, 0.717) is 22.7 Å². The van der Waals surface area contributed by atoms with E-state index in [1.807, 2.05) is 6.92 Å². The third kappa shape index (κ3) is 4.12. The molecule has 0 atom stereocenters. The lowest BCUT2D eigenvalue weighted by Crippen LogP contribution is -2.39. The molecule has 6 nitrogen and oxygen atoms in total. The highest BCUT2D eigenvalue weighted by Gasteiger charge is 2.26. The molecule has 3 aromatic carbocycles. The third-order valence-corrected chi connectivity index (χ3v) is 5.26. The lowest BCUT2D eigenvalue weighted by atomic mass is 10.1. The van der Waals surface area contributed by atoms with E-state index in [4.69, 9.17) is 9.47 Å². The largest absolute Gasteiger partial charge is 0.489 e. The summed E-state index contributed by atoms with van der Waals surface area (Å²) in [7, 11) is 1.29. The van der Waals surface area contributed by atoms with Gasteiger partial charge in [0, 0.05) is 11.8 Å². The summed E-state index contributed by atoms with van der Waals surface area (Å²) in [4.78, 5) is 26.1. The molecule has 1 heterocycles. The van der Waals surface area contributed by atoms with Crippen LogP contribution in [0.5, 0.6) is 5.75 Å². The first-order chi connectivity index (χ1) is 15.4. The van der Waals surface area contributed by atoms with Gasteiger partial charge < -0.3 is 14.8 Å². The molecule has 0 spiro atoms. The van der Waals surface area contributed by atoms with Crippen LogP contribution in [0.2, 0.25) is 0 Å². The van der Waals surface area contributed by atoms with Crippen molar-refractivity contribution in [3.63, 3.8) is 0 Å². The summed E-state index contributed by atoms with van der Waals surface area (Å²) in [6.07, 6.45) is 0. The van der Waals surface area contributed by atoms with Gasteiger partial charge in [0.25, 0.3) is 0 Å². The molecule has 0 radical (unpaired) electrons. The van der Waals surface area contributed by atoms with Crippen molar-refractivity contribution in [2.24, 2.45) is 0 Å². The second-order valence-corrected chi connectivity index (χ2v) is 7.32. The number of benzene rings is 3. The number of hydrogen-bond donors (Lipinski definition) is 1. The molecular weight excluding hydrogens is 418 g/mol. The highest BCUT2D eigenvalue weighted by molar-refractivity contribution is 6.05. The average molecular weight is 438 g/mol. The molecular formula is C24H20F2N2O4. The Kier molecular flexibility index (Phi) is 5.77. The molecule has 8 heteroatoms. The average Bonchev–Trinajstić information content (AvgIpc) is 2.78. The van der Waals surface area contributed by atoms with Crippen LogP contribution in [0.25, 0.3) is 0 Å². The first-order valence-corrected chi connectivity index (χ1v) is 9.83. The molecule has 1 aliphatic rings. The van der Waals surface area contributed by atoms with Crippen molar-refractivity contribution in [1.82, 2.24) is 0 Å². The molecule has 0 bridgehead atoms. The zero-order chi connectivity index (χ0) is 22.8. The van der Waals surface area contributed by atoms with E-state index in [1.54, 1.807) is 36.4 Å². The molecule has 3 aromatic rings. The summed E-state index contributed by atoms with van der Waals surface area (Å²) < 4.78 is 38.1. The van der Waals surface area contributed by atoms with E-state index in [2.05, 4.69) is 5.32 Å². The number of urea groups is 1. The molecule has 1 N–H and O–H groups in total. The lowest BCUT2D eigenvalue weighted by Gasteiger charge is -2.31. The van der Waals surface area contributed by atoms with Crippen LogP contribution in [-0.2, 0) is 17.9 Å². The van der Waals surface area contributed by atoms with Gasteiger partial charge in [-0.2, -0.15) is 0 Å². The van der Waals surface area contributed by atoms with Crippen molar-refractivity contribution in [3.05, 3.63) is 88.5 Å². The first-order valence-electron chi connectivity index (χ1n) is 9.83. The van der Waals surface area contributed by atoms with Crippen molar-refractivity contribution in [2.45, 2.75) is 20.1 Å². The Hall–Kier alpha value is -3.94. The number of anilines is 2. The van der Waals surface area contributed by atoms with Crippen molar-refractivity contribution in [3.8, 4) is 5.75 Å². The molecule has 0 aromatic heterocycles. The Morgan fingerprint density at radius 2 is 1.84 bits per heavy atom. The Labute approximate surface area is 183 Å². The summed E-state index contributed by atoms with van der Waals surface area (Å²) in [5.74, 6) is -1.49. The van der Waals surface area contributed by atoms with Gasteiger partial charge in [0.05, 0.1) is 30.5 Å². The number of amides is 2. The van der Waals surface area contributed by atoms with Crippen molar-refractivity contribution in [2.75, 3.05) is 17.3 Å². The molecule has 164 valence electrons. The number of esters is 1. The fraction of sp³-hybridized carbons (Fsp3) is 0.167. The summed E-state index contributed by atoms with van der Waals surface area (Å²) in [5.41, 5.74) is 2.94. The highest BCUT2D eigenvalue weighted by Crippen LogP contribution is 2.33. The molecule has 0 fully saturated rings. The van der Waals surface area contributed by atoms with Gasteiger partial charge >= 0.3 is 12.0 Å². The maximum absolute atomic E-state index is 13.9. The summed E-state index contributed by atoms with van der Waals surface area (Å²) in [6.45, 7) is 1.83. The molecule has 0 saturated carbocycles. The van der Waals surface area contributed by atoms with Crippen LogP contribution in [0.3, 0.4) is 0 Å². The minimum Gasteiger partial charge on any atom is -0.489 e. The topological polar surface area (TPSA) is 67.9 Å². The van der Waals surface area contributed by atoms with Crippen LogP contribution in [0, 0.1) is 18.6 Å². The zero-order valence-electron chi connectivity index (χ0n) is 17.4. The molecule has 0 saturated heterocycles. The number of ether oxygens (including phenoxy) is 2. The van der Waals surface area contributed by atoms with Crippen LogP contribution in [0.15, 0.2) is 54.6 Å². The minimum absolute atomic E-state index is 0.166. The number of halogens is 2. The number of nitrogens with zero attached hydrogens (tertiary/aromatic N) is 1. The predicted octanol–water partition coefficient (Wildman–Crippen LogP) is 5.19. The number of carbonyl (C=O) groups excluding carboxylic acids is 2. The minimum atomic E-state index is -0.685. The van der Waals surface area contributed by atoms with E-state index in [0.717, 1.165) is 11.1 Å². The van der Waals surface area contributed by atoms with Gasteiger partial charge in [0.2, 0.25) is 0 Å². The van der Waals surface area contributed by atoms with Crippen molar-refractivity contribution in [1.29, 1.82) is 0 Å². The molecule has 32 heavy (non-hydrogen) atoms. The highest BCUT2D eigenvalue weighted by atomic mass is 19.1. The molecule has 1 aliphatic heterocycles. The van der Waals surface area contributed by atoms with E-state index >= 15 is 0 Å². The number of hydrogen-bond acceptors (Lipinski definition) is 4. The number of nitrogens with one attached hydrogen (secondary N) is 1. The Morgan fingerprint density at radius 3 is 2.56 bits per heavy atom. The predicted molar refractivity (Wildman–Crippen MR) is 115 cm³/mol. The van der Waals surface area contributed by atoms with Crippen LogP contribution in [-0.4, -0.2) is 19.1 Å². The number of carbonyl (C=O) groups is 2. The molecule has 4 rings (SSSR count). The van der Waals surface area contributed by atoms with Crippen LogP contribution in [0.4, 0.5) is 25.0 Å². The zero-order valence-corrected chi connectivity index (χ0v) is 17.4. The van der Waals surface area contributed by atoms with Gasteiger partial charge in [-0.1, -0.05) is 18.2 Å². The smallest absolute Gasteiger partial charge is 0.337 e. The molecule has 2 amide bonds. The standard InChI is InChI=1S/C24H20F2N2O4/c1-14-6-9-17(32-13-18-19(25)4-3-5-20(18)26)11-22(14)28-12-16-8-7-15(23(29)31-2)10-21(16)27-24(28)30/h3-11H,12-13H2,1-2H3,(H,27,30). The quantitative estimate of drug-likeness (QED) is 0.557. The normalized spacial score (nSPS) is 12.8.